The van der Waals surface area contributed by atoms with Crippen LogP contribution in [0.3, 0.4) is 0 Å². The first kappa shape index (κ1) is 32.3. The Labute approximate surface area is 222 Å². The number of hydrogen-bond donors (Lipinski definition) is 4. The highest BCUT2D eigenvalue weighted by Crippen LogP contribution is 2.14. The maximum absolute atomic E-state index is 11.1. The van der Waals surface area contributed by atoms with Crippen LogP contribution in [0.4, 0.5) is 0 Å². The topological polar surface area (TPSA) is 124 Å². The quantitative estimate of drug-likeness (QED) is 0.155. The molecule has 1 unspecified atom stereocenters. The van der Waals surface area contributed by atoms with Gasteiger partial charge in [-0.3, -0.25) is 19.6 Å². The standard InChI is InChI=1S/C20H28N2.C8H17BN2O4/c1-17-11-9-10-13-19(17)12-7-5-3-4-6-8-14-20-16-21-15-18(2)22-20;1-6(2)3-7(9(14)15)11-8(13)4-10-5-12/h9-11,13,15-16H,3-8,12,14H2,1-2H3;5-7,14-15H,3-4H2,1-2H3,(H,10,12)(H,11,13). The minimum atomic E-state index is -1.59. The lowest BCUT2D eigenvalue weighted by atomic mass is 9.75. The van der Waals surface area contributed by atoms with E-state index in [1.807, 2.05) is 33.2 Å². The Kier molecular flexibility index (Phi) is 16.9. The molecule has 0 aliphatic heterocycles. The molecular weight excluding hydrogens is 467 g/mol. The van der Waals surface area contributed by atoms with Crippen LogP contribution in [0.5, 0.6) is 0 Å². The summed E-state index contributed by atoms with van der Waals surface area (Å²) < 4.78 is 0. The zero-order chi connectivity index (χ0) is 27.5. The van der Waals surface area contributed by atoms with Crippen molar-refractivity contribution in [1.82, 2.24) is 20.6 Å². The van der Waals surface area contributed by atoms with E-state index in [0.29, 0.717) is 12.8 Å². The van der Waals surface area contributed by atoms with Crippen LogP contribution in [0.1, 0.15) is 81.3 Å². The molecule has 1 atom stereocenters. The summed E-state index contributed by atoms with van der Waals surface area (Å²) in [5.41, 5.74) is 5.11. The van der Waals surface area contributed by atoms with E-state index in [4.69, 9.17) is 10.0 Å². The molecule has 2 amide bonds. The summed E-state index contributed by atoms with van der Waals surface area (Å²) in [5, 5.41) is 22.6. The Morgan fingerprint density at radius 2 is 1.65 bits per heavy atom. The summed E-state index contributed by atoms with van der Waals surface area (Å²) in [6.45, 7) is 7.87. The Balaban J connectivity index is 0.000000401. The molecule has 4 N–H and O–H groups in total. The lowest BCUT2D eigenvalue weighted by Gasteiger charge is -2.19. The number of aromatic nitrogens is 2. The number of amides is 2. The third-order valence-corrected chi connectivity index (χ3v) is 5.97. The lowest BCUT2D eigenvalue weighted by Crippen LogP contribution is -2.49. The molecule has 0 aliphatic carbocycles. The molecule has 0 bridgehead atoms. The fraction of sp³-hybridized carbons (Fsp3) is 0.571. The summed E-state index contributed by atoms with van der Waals surface area (Å²) in [6.07, 6.45) is 14.8. The number of benzene rings is 1. The Morgan fingerprint density at radius 1 is 1.00 bits per heavy atom. The summed E-state index contributed by atoms with van der Waals surface area (Å²) in [5.74, 6) is -0.914. The lowest BCUT2D eigenvalue weighted by molar-refractivity contribution is -0.122. The fourth-order valence-corrected chi connectivity index (χ4v) is 4.01. The first-order chi connectivity index (χ1) is 17.7. The molecule has 0 fully saturated rings. The van der Waals surface area contributed by atoms with Crippen LogP contribution in [-0.2, 0) is 22.4 Å². The van der Waals surface area contributed by atoms with Crippen molar-refractivity contribution in [2.45, 2.75) is 91.4 Å². The third-order valence-electron chi connectivity index (χ3n) is 5.97. The van der Waals surface area contributed by atoms with Crippen molar-refractivity contribution in [3.8, 4) is 0 Å². The number of nitrogens with zero attached hydrogens (tertiary/aromatic N) is 2. The van der Waals surface area contributed by atoms with E-state index < -0.39 is 19.0 Å². The van der Waals surface area contributed by atoms with E-state index in [1.165, 1.54) is 56.1 Å². The van der Waals surface area contributed by atoms with Crippen LogP contribution in [0.2, 0.25) is 0 Å². The van der Waals surface area contributed by atoms with Crippen LogP contribution in [0, 0.1) is 19.8 Å². The summed E-state index contributed by atoms with van der Waals surface area (Å²) in [6, 6.07) is 8.75. The van der Waals surface area contributed by atoms with E-state index in [9.17, 15) is 9.59 Å². The van der Waals surface area contributed by atoms with Crippen molar-refractivity contribution in [2.75, 3.05) is 6.54 Å². The van der Waals surface area contributed by atoms with E-state index in [1.54, 1.807) is 0 Å². The van der Waals surface area contributed by atoms with Gasteiger partial charge in [-0.15, -0.1) is 0 Å². The molecule has 0 radical (unpaired) electrons. The van der Waals surface area contributed by atoms with Gasteiger partial charge in [0.25, 0.3) is 0 Å². The zero-order valence-corrected chi connectivity index (χ0v) is 22.9. The predicted molar refractivity (Wildman–Crippen MR) is 149 cm³/mol. The summed E-state index contributed by atoms with van der Waals surface area (Å²) in [7, 11) is -1.59. The normalized spacial score (nSPS) is 11.3. The molecule has 1 aromatic carbocycles. The van der Waals surface area contributed by atoms with Gasteiger partial charge in [-0.05, 0) is 63.0 Å². The van der Waals surface area contributed by atoms with Crippen LogP contribution >= 0.6 is 0 Å². The average Bonchev–Trinajstić information content (AvgIpc) is 2.85. The van der Waals surface area contributed by atoms with Gasteiger partial charge in [-0.2, -0.15) is 0 Å². The largest absolute Gasteiger partial charge is 0.475 e. The molecular formula is C28H45BN4O4. The molecule has 8 nitrogen and oxygen atoms in total. The molecule has 0 aliphatic rings. The van der Waals surface area contributed by atoms with E-state index in [2.05, 4.69) is 51.8 Å². The molecule has 1 heterocycles. The maximum Gasteiger partial charge on any atom is 0.475 e. The van der Waals surface area contributed by atoms with Gasteiger partial charge in [0.05, 0.1) is 23.9 Å². The van der Waals surface area contributed by atoms with Crippen molar-refractivity contribution in [2.24, 2.45) is 5.92 Å². The number of rotatable bonds is 16. The van der Waals surface area contributed by atoms with E-state index in [0.717, 1.165) is 17.8 Å². The Bertz CT molecular complexity index is 911. The van der Waals surface area contributed by atoms with Crippen LogP contribution in [0.25, 0.3) is 0 Å². The van der Waals surface area contributed by atoms with Crippen molar-refractivity contribution in [3.05, 3.63) is 59.2 Å². The van der Waals surface area contributed by atoms with Crippen LogP contribution in [0.15, 0.2) is 36.7 Å². The molecule has 9 heteroatoms. The van der Waals surface area contributed by atoms with E-state index >= 15 is 0 Å². The minimum absolute atomic E-state index is 0.162. The number of aryl methyl sites for hydroxylation is 4. The first-order valence-electron chi connectivity index (χ1n) is 13.4. The predicted octanol–water partition coefficient (Wildman–Crippen LogP) is 3.49. The average molecular weight is 513 g/mol. The monoisotopic (exact) mass is 512 g/mol. The van der Waals surface area contributed by atoms with E-state index in [-0.39, 0.29) is 12.5 Å². The highest BCUT2D eigenvalue weighted by molar-refractivity contribution is 6.43. The van der Waals surface area contributed by atoms with Gasteiger partial charge in [0.1, 0.15) is 0 Å². The van der Waals surface area contributed by atoms with Gasteiger partial charge in [0.2, 0.25) is 12.3 Å². The molecule has 0 saturated heterocycles. The SMILES string of the molecule is CC(C)CC(NC(=O)CNC=O)B(O)O.Cc1cncc(CCCCCCCCc2ccccc2C)n1. The van der Waals surface area contributed by atoms with Gasteiger partial charge >= 0.3 is 7.12 Å². The number of carbonyl (C=O) groups is 2. The maximum atomic E-state index is 11.1. The molecule has 37 heavy (non-hydrogen) atoms. The number of carbonyl (C=O) groups excluding carboxylic acids is 2. The number of nitrogens with one attached hydrogen (secondary N) is 2. The van der Waals surface area contributed by atoms with Gasteiger partial charge in [-0.25, -0.2) is 0 Å². The highest BCUT2D eigenvalue weighted by atomic mass is 16.4. The van der Waals surface area contributed by atoms with Gasteiger partial charge in [0.15, 0.2) is 0 Å². The summed E-state index contributed by atoms with van der Waals surface area (Å²) >= 11 is 0. The molecule has 2 aromatic rings. The summed E-state index contributed by atoms with van der Waals surface area (Å²) in [4.78, 5) is 29.8. The molecule has 204 valence electrons. The second-order valence-electron chi connectivity index (χ2n) is 9.92. The number of hydrogen-bond acceptors (Lipinski definition) is 6. The molecule has 1 aromatic heterocycles. The molecule has 2 rings (SSSR count). The number of unbranched alkanes of at least 4 members (excludes halogenated alkanes) is 5. The fourth-order valence-electron chi connectivity index (χ4n) is 4.01. The smallest absolute Gasteiger partial charge is 0.426 e. The van der Waals surface area contributed by atoms with Crippen molar-refractivity contribution < 1.29 is 19.6 Å². The zero-order valence-electron chi connectivity index (χ0n) is 22.9. The molecule has 0 saturated carbocycles. The third kappa shape index (κ3) is 15.8. The van der Waals surface area contributed by atoms with Gasteiger partial charge in [0, 0.05) is 12.4 Å². The Hall–Kier alpha value is -2.78. The second-order valence-corrected chi connectivity index (χ2v) is 9.92. The molecule has 0 spiro atoms. The van der Waals surface area contributed by atoms with Crippen molar-refractivity contribution in [3.63, 3.8) is 0 Å². The first-order valence-corrected chi connectivity index (χ1v) is 13.4. The van der Waals surface area contributed by atoms with Crippen LogP contribution < -0.4 is 10.6 Å². The van der Waals surface area contributed by atoms with Crippen LogP contribution in [-0.4, -0.2) is 51.9 Å². The van der Waals surface area contributed by atoms with Gasteiger partial charge < -0.3 is 20.7 Å². The van der Waals surface area contributed by atoms with Gasteiger partial charge in [-0.1, -0.05) is 63.8 Å². The second kappa shape index (κ2) is 19.4. The Morgan fingerprint density at radius 3 is 2.24 bits per heavy atom. The highest BCUT2D eigenvalue weighted by Gasteiger charge is 2.25. The van der Waals surface area contributed by atoms with Crippen molar-refractivity contribution >= 4 is 19.4 Å². The van der Waals surface area contributed by atoms with Crippen molar-refractivity contribution in [1.29, 1.82) is 0 Å². The minimum Gasteiger partial charge on any atom is -0.426 e.